The number of hydrogen-bond acceptors (Lipinski definition) is 7. The molecule has 3 aromatic rings. The fraction of sp³-hybridized carbons (Fsp3) is 0.324. The standard InChI is InChI=1S/C34H40N4O8/c1-20(2)29(38-30(40)21(3)35-27(34(45)46)18-11-22-7-5-4-6-8-22)32(42)37-28(19-23-9-16-26(39)17-10-23)31(41)36-25-14-12-24(13-15-25)33(43)44/h4-10,12-17,20-21,27-29,35,39H,11,18-19H2,1-3H3,(H,36,41)(H,37,42)(H,38,40)(H,43,44)(H,45,46)/t21-,27?,28-,29-/m0/s1. The Morgan fingerprint density at radius 1 is 0.696 bits per heavy atom. The van der Waals surface area contributed by atoms with Crippen LogP contribution in [0.4, 0.5) is 5.69 Å². The van der Waals surface area contributed by atoms with Gasteiger partial charge in [0.1, 0.15) is 23.9 Å². The molecule has 0 fully saturated rings. The number of hydrogen-bond donors (Lipinski definition) is 7. The molecule has 3 aromatic carbocycles. The quantitative estimate of drug-likeness (QED) is 0.124. The lowest BCUT2D eigenvalue weighted by molar-refractivity contribution is -0.140. The smallest absolute Gasteiger partial charge is 0.335 e. The van der Waals surface area contributed by atoms with E-state index >= 15 is 0 Å². The first kappa shape index (κ1) is 35.3. The SMILES string of the molecule is CC(C)[C@H](NC(=O)[C@H](C)NC(CCc1ccccc1)C(=O)O)C(=O)N[C@@H](Cc1ccc(O)cc1)C(=O)Nc1ccc(C(=O)O)cc1. The van der Waals surface area contributed by atoms with Crippen LogP contribution in [0.1, 0.15) is 48.7 Å². The van der Waals surface area contributed by atoms with Crippen LogP contribution in [-0.4, -0.2) is 69.1 Å². The number of nitrogens with one attached hydrogen (secondary N) is 4. The predicted molar refractivity (Wildman–Crippen MR) is 171 cm³/mol. The molecule has 244 valence electrons. The number of carboxylic acid groups (broad SMARTS) is 2. The average molecular weight is 633 g/mol. The third-order valence-electron chi connectivity index (χ3n) is 7.36. The van der Waals surface area contributed by atoms with Gasteiger partial charge >= 0.3 is 11.9 Å². The number of rotatable bonds is 16. The first-order valence-corrected chi connectivity index (χ1v) is 14.9. The highest BCUT2D eigenvalue weighted by molar-refractivity contribution is 5.99. The van der Waals surface area contributed by atoms with Crippen molar-refractivity contribution in [3.63, 3.8) is 0 Å². The number of aliphatic carboxylic acids is 1. The van der Waals surface area contributed by atoms with E-state index in [1.54, 1.807) is 26.0 Å². The largest absolute Gasteiger partial charge is 0.508 e. The molecule has 46 heavy (non-hydrogen) atoms. The van der Waals surface area contributed by atoms with Gasteiger partial charge in [0.2, 0.25) is 17.7 Å². The number of amides is 3. The number of phenolic OH excluding ortho intramolecular Hbond substituents is 1. The number of phenols is 1. The van der Waals surface area contributed by atoms with E-state index in [4.69, 9.17) is 5.11 Å². The highest BCUT2D eigenvalue weighted by atomic mass is 16.4. The van der Waals surface area contributed by atoms with Gasteiger partial charge in [0.25, 0.3) is 0 Å². The van der Waals surface area contributed by atoms with Gasteiger partial charge in [-0.25, -0.2) is 4.79 Å². The lowest BCUT2D eigenvalue weighted by Gasteiger charge is -2.27. The molecule has 0 aliphatic carbocycles. The zero-order valence-corrected chi connectivity index (χ0v) is 25.9. The number of aromatic hydroxyl groups is 1. The van der Waals surface area contributed by atoms with Crippen molar-refractivity contribution in [3.8, 4) is 5.75 Å². The van der Waals surface area contributed by atoms with Crippen molar-refractivity contribution in [1.29, 1.82) is 0 Å². The van der Waals surface area contributed by atoms with Crippen LogP contribution in [0.3, 0.4) is 0 Å². The van der Waals surface area contributed by atoms with Crippen LogP contribution in [0.15, 0.2) is 78.9 Å². The highest BCUT2D eigenvalue weighted by Gasteiger charge is 2.31. The molecule has 0 aliphatic heterocycles. The van der Waals surface area contributed by atoms with E-state index in [9.17, 15) is 34.2 Å². The Morgan fingerprint density at radius 3 is 1.89 bits per heavy atom. The molecular weight excluding hydrogens is 592 g/mol. The Kier molecular flexibility index (Phi) is 12.8. The van der Waals surface area contributed by atoms with Crippen molar-refractivity contribution in [2.45, 2.75) is 64.2 Å². The second-order valence-corrected chi connectivity index (χ2v) is 11.3. The van der Waals surface area contributed by atoms with Crippen LogP contribution in [0.2, 0.25) is 0 Å². The summed E-state index contributed by atoms with van der Waals surface area (Å²) in [5, 5.41) is 39.5. The zero-order valence-electron chi connectivity index (χ0n) is 25.9. The summed E-state index contributed by atoms with van der Waals surface area (Å²) in [6, 6.07) is 16.9. The second-order valence-electron chi connectivity index (χ2n) is 11.3. The number of carboxylic acids is 2. The molecule has 0 heterocycles. The third kappa shape index (κ3) is 10.7. The Hall–Kier alpha value is -5.23. The van der Waals surface area contributed by atoms with Gasteiger partial charge in [-0.1, -0.05) is 56.3 Å². The molecule has 0 saturated heterocycles. The van der Waals surface area contributed by atoms with Crippen LogP contribution in [0.25, 0.3) is 0 Å². The maximum Gasteiger partial charge on any atom is 0.335 e. The summed E-state index contributed by atoms with van der Waals surface area (Å²) < 4.78 is 0. The molecule has 0 aromatic heterocycles. The van der Waals surface area contributed by atoms with E-state index in [2.05, 4.69) is 21.3 Å². The highest BCUT2D eigenvalue weighted by Crippen LogP contribution is 2.15. The van der Waals surface area contributed by atoms with E-state index in [1.807, 2.05) is 30.3 Å². The minimum absolute atomic E-state index is 0.0304. The molecule has 0 saturated carbocycles. The third-order valence-corrected chi connectivity index (χ3v) is 7.36. The number of anilines is 1. The predicted octanol–water partition coefficient (Wildman–Crippen LogP) is 2.96. The monoisotopic (exact) mass is 632 g/mol. The van der Waals surface area contributed by atoms with Crippen molar-refractivity contribution in [2.75, 3.05) is 5.32 Å². The van der Waals surface area contributed by atoms with Gasteiger partial charge < -0.3 is 31.3 Å². The van der Waals surface area contributed by atoms with Gasteiger partial charge in [-0.2, -0.15) is 0 Å². The summed E-state index contributed by atoms with van der Waals surface area (Å²) in [5.74, 6) is -4.39. The summed E-state index contributed by atoms with van der Waals surface area (Å²) in [7, 11) is 0. The van der Waals surface area contributed by atoms with Gasteiger partial charge in [0, 0.05) is 12.1 Å². The number of carbonyl (C=O) groups excluding carboxylic acids is 3. The molecule has 12 nitrogen and oxygen atoms in total. The van der Waals surface area contributed by atoms with E-state index in [1.165, 1.54) is 43.3 Å². The molecule has 12 heteroatoms. The normalized spacial score (nSPS) is 13.6. The summed E-state index contributed by atoms with van der Waals surface area (Å²) in [6.45, 7) is 4.96. The fourth-order valence-corrected chi connectivity index (χ4v) is 4.69. The molecule has 0 spiro atoms. The molecule has 7 N–H and O–H groups in total. The Morgan fingerprint density at radius 2 is 1.33 bits per heavy atom. The lowest BCUT2D eigenvalue weighted by Crippen LogP contribution is -2.58. The average Bonchev–Trinajstić information content (AvgIpc) is 3.02. The number of carbonyl (C=O) groups is 5. The molecule has 0 radical (unpaired) electrons. The van der Waals surface area contributed by atoms with Gasteiger partial charge in [-0.3, -0.25) is 24.5 Å². The van der Waals surface area contributed by atoms with Crippen molar-refractivity contribution in [2.24, 2.45) is 5.92 Å². The molecule has 0 aliphatic rings. The summed E-state index contributed by atoms with van der Waals surface area (Å²) in [4.78, 5) is 63.2. The molecule has 1 unspecified atom stereocenters. The minimum atomic E-state index is -1.12. The maximum absolute atomic E-state index is 13.5. The van der Waals surface area contributed by atoms with Crippen LogP contribution in [-0.2, 0) is 32.0 Å². The van der Waals surface area contributed by atoms with Crippen LogP contribution < -0.4 is 21.3 Å². The van der Waals surface area contributed by atoms with Gasteiger partial charge in [-0.05, 0) is 73.2 Å². The minimum Gasteiger partial charge on any atom is -0.508 e. The maximum atomic E-state index is 13.5. The first-order chi connectivity index (χ1) is 21.8. The Balaban J connectivity index is 1.71. The van der Waals surface area contributed by atoms with Gasteiger partial charge in [0.05, 0.1) is 11.6 Å². The number of aryl methyl sites for hydroxylation is 1. The molecule has 3 amide bonds. The topological polar surface area (TPSA) is 194 Å². The summed E-state index contributed by atoms with van der Waals surface area (Å²) in [5.41, 5.74) is 1.95. The second kappa shape index (κ2) is 16.7. The lowest BCUT2D eigenvalue weighted by atomic mass is 10.00. The van der Waals surface area contributed by atoms with E-state index < -0.39 is 59.7 Å². The van der Waals surface area contributed by atoms with E-state index in [0.717, 1.165) is 5.56 Å². The van der Waals surface area contributed by atoms with Gasteiger partial charge in [-0.15, -0.1) is 0 Å². The van der Waals surface area contributed by atoms with Crippen molar-refractivity contribution in [3.05, 3.63) is 95.6 Å². The van der Waals surface area contributed by atoms with E-state index in [0.29, 0.717) is 17.7 Å². The fourth-order valence-electron chi connectivity index (χ4n) is 4.69. The Labute approximate surface area is 267 Å². The van der Waals surface area contributed by atoms with Crippen LogP contribution in [0, 0.1) is 5.92 Å². The summed E-state index contributed by atoms with van der Waals surface area (Å²) >= 11 is 0. The number of aromatic carboxylic acids is 1. The molecule has 3 rings (SSSR count). The zero-order chi connectivity index (χ0) is 33.8. The molecule has 0 bridgehead atoms. The molecule has 4 atom stereocenters. The van der Waals surface area contributed by atoms with Crippen molar-refractivity contribution in [1.82, 2.24) is 16.0 Å². The van der Waals surface area contributed by atoms with Crippen LogP contribution >= 0.6 is 0 Å². The van der Waals surface area contributed by atoms with Crippen LogP contribution in [0.5, 0.6) is 5.75 Å². The number of benzene rings is 3. The molecular formula is C34H40N4O8. The van der Waals surface area contributed by atoms with Gasteiger partial charge in [0.15, 0.2) is 0 Å². The van der Waals surface area contributed by atoms with Crippen molar-refractivity contribution < 1.29 is 39.3 Å². The van der Waals surface area contributed by atoms with E-state index in [-0.39, 0.29) is 24.2 Å². The van der Waals surface area contributed by atoms with Crippen molar-refractivity contribution >= 4 is 35.3 Å². The first-order valence-electron chi connectivity index (χ1n) is 14.9. The Bertz CT molecular complexity index is 1490. The summed E-state index contributed by atoms with van der Waals surface area (Å²) in [6.07, 6.45) is 0.784.